The second-order valence-electron chi connectivity index (χ2n) is 5.24. The lowest BCUT2D eigenvalue weighted by Gasteiger charge is -2.19. The van der Waals surface area contributed by atoms with Crippen LogP contribution in [0.4, 0.5) is 0 Å². The fourth-order valence-corrected chi connectivity index (χ4v) is 2.84. The Bertz CT molecular complexity index is 890. The topological polar surface area (TPSA) is 85.3 Å². The molecule has 6 nitrogen and oxygen atoms in total. The molecule has 2 amide bonds. The Hall–Kier alpha value is -2.63. The first kappa shape index (κ1) is 12.1. The Morgan fingerprint density at radius 2 is 2.14 bits per heavy atom. The molecule has 21 heavy (non-hydrogen) atoms. The maximum absolute atomic E-state index is 12.0. The van der Waals surface area contributed by atoms with Gasteiger partial charge >= 0.3 is 0 Å². The lowest BCUT2D eigenvalue weighted by atomic mass is 9.90. The van der Waals surface area contributed by atoms with Gasteiger partial charge in [-0.25, -0.2) is 4.98 Å². The molecule has 3 heterocycles. The zero-order valence-electron chi connectivity index (χ0n) is 11.3. The Labute approximate surface area is 119 Å². The second-order valence-corrected chi connectivity index (χ2v) is 5.24. The van der Waals surface area contributed by atoms with Crippen LogP contribution in [0.25, 0.3) is 22.1 Å². The molecule has 0 aliphatic carbocycles. The van der Waals surface area contributed by atoms with Gasteiger partial charge in [-0.1, -0.05) is 0 Å². The third kappa shape index (κ3) is 1.83. The average molecular weight is 284 g/mol. The minimum atomic E-state index is -0.370. The number of hydrogen-bond acceptors (Lipinski definition) is 5. The first-order valence-corrected chi connectivity index (χ1v) is 6.74. The molecule has 106 valence electrons. The van der Waals surface area contributed by atoms with E-state index in [0.717, 1.165) is 16.5 Å². The van der Waals surface area contributed by atoms with Crippen LogP contribution in [-0.2, 0) is 9.59 Å². The summed E-state index contributed by atoms with van der Waals surface area (Å²) in [6.45, 7) is 1.78. The Balaban J connectivity index is 1.87. The number of fused-ring (bicyclic) bond motifs is 2. The Kier molecular flexibility index (Phi) is 2.42. The van der Waals surface area contributed by atoms with Gasteiger partial charge in [0.25, 0.3) is 0 Å². The van der Waals surface area contributed by atoms with E-state index >= 15 is 0 Å². The van der Waals surface area contributed by atoms with Gasteiger partial charge in [-0.2, -0.15) is 0 Å². The molecule has 0 radical (unpaired) electrons. The van der Waals surface area contributed by atoms with Crippen LogP contribution in [-0.4, -0.2) is 16.8 Å². The van der Waals surface area contributed by atoms with E-state index < -0.39 is 0 Å². The number of carbonyl (C=O) groups is 2. The highest BCUT2D eigenvalue weighted by atomic mass is 16.3. The molecule has 3 aromatic rings. The molecule has 1 aliphatic rings. The van der Waals surface area contributed by atoms with Crippen molar-refractivity contribution in [1.82, 2.24) is 10.3 Å². The molecule has 0 spiro atoms. The van der Waals surface area contributed by atoms with Crippen LogP contribution in [0.15, 0.2) is 27.2 Å². The van der Waals surface area contributed by atoms with Gasteiger partial charge < -0.3 is 8.83 Å². The molecule has 6 heteroatoms. The highest BCUT2D eigenvalue weighted by Gasteiger charge is 2.30. The summed E-state index contributed by atoms with van der Waals surface area (Å²) in [6, 6.07) is 3.64. The minimum Gasteiger partial charge on any atom is -0.464 e. The van der Waals surface area contributed by atoms with Crippen LogP contribution in [0.3, 0.4) is 0 Å². The number of hydrogen-bond donors (Lipinski definition) is 1. The molecule has 1 aliphatic heterocycles. The van der Waals surface area contributed by atoms with Crippen molar-refractivity contribution in [3.63, 3.8) is 0 Å². The number of carbonyl (C=O) groups excluding carboxylic acids is 2. The van der Waals surface area contributed by atoms with Crippen LogP contribution in [0.2, 0.25) is 0 Å². The van der Waals surface area contributed by atoms with E-state index in [0.29, 0.717) is 29.9 Å². The van der Waals surface area contributed by atoms with Gasteiger partial charge in [0, 0.05) is 30.4 Å². The van der Waals surface area contributed by atoms with Gasteiger partial charge in [-0.05, 0) is 12.5 Å². The van der Waals surface area contributed by atoms with E-state index in [1.54, 1.807) is 19.3 Å². The quantitative estimate of drug-likeness (QED) is 0.693. The fraction of sp³-hybridized carbons (Fsp3) is 0.267. The molecule has 2 aromatic heterocycles. The molecular formula is C15H12N2O4. The molecule has 1 N–H and O–H groups in total. The van der Waals surface area contributed by atoms with Gasteiger partial charge in [0.2, 0.25) is 11.8 Å². The van der Waals surface area contributed by atoms with Crippen LogP contribution in [0.1, 0.15) is 30.2 Å². The van der Waals surface area contributed by atoms with Crippen molar-refractivity contribution < 1.29 is 18.4 Å². The van der Waals surface area contributed by atoms with Crippen LogP contribution >= 0.6 is 0 Å². The number of piperidine rings is 1. The number of furan rings is 1. The van der Waals surface area contributed by atoms with Gasteiger partial charge in [0.05, 0.1) is 12.2 Å². The highest BCUT2D eigenvalue weighted by Crippen LogP contribution is 2.34. The zero-order valence-corrected chi connectivity index (χ0v) is 11.3. The predicted molar refractivity (Wildman–Crippen MR) is 73.6 cm³/mol. The zero-order chi connectivity index (χ0) is 14.6. The van der Waals surface area contributed by atoms with Crippen molar-refractivity contribution in [1.29, 1.82) is 0 Å². The molecule has 4 rings (SSSR count). The van der Waals surface area contributed by atoms with E-state index in [1.165, 1.54) is 0 Å². The Morgan fingerprint density at radius 1 is 1.29 bits per heavy atom. The normalized spacial score (nSPS) is 19.4. The van der Waals surface area contributed by atoms with E-state index in [2.05, 4.69) is 10.3 Å². The predicted octanol–water partition coefficient (Wildman–Crippen LogP) is 2.40. The number of oxazole rings is 1. The standard InChI is InChI=1S/C15H12N2O4/c1-7-16-11-5-12-9(4-13(11)21-7)10(6-20-12)8-2-3-14(18)17-15(8)19/h4-6,8H,2-3H2,1H3,(H,17,18,19). The minimum absolute atomic E-state index is 0.225. The molecule has 1 saturated heterocycles. The lowest BCUT2D eigenvalue weighted by Crippen LogP contribution is -2.39. The molecular weight excluding hydrogens is 272 g/mol. The summed E-state index contributed by atoms with van der Waals surface area (Å²) in [5, 5.41) is 3.20. The maximum Gasteiger partial charge on any atom is 0.234 e. The number of aryl methyl sites for hydroxylation is 1. The third-order valence-electron chi connectivity index (χ3n) is 3.84. The summed E-state index contributed by atoms with van der Waals surface area (Å²) in [4.78, 5) is 27.5. The smallest absolute Gasteiger partial charge is 0.234 e. The first-order chi connectivity index (χ1) is 10.1. The first-order valence-electron chi connectivity index (χ1n) is 6.74. The third-order valence-corrected chi connectivity index (χ3v) is 3.84. The largest absolute Gasteiger partial charge is 0.464 e. The van der Waals surface area contributed by atoms with Crippen LogP contribution < -0.4 is 5.32 Å². The summed E-state index contributed by atoms with van der Waals surface area (Å²) in [5.41, 5.74) is 2.83. The number of aromatic nitrogens is 1. The van der Waals surface area contributed by atoms with Crippen molar-refractivity contribution in [2.45, 2.75) is 25.7 Å². The summed E-state index contributed by atoms with van der Waals surface area (Å²) >= 11 is 0. The molecule has 1 fully saturated rings. The fourth-order valence-electron chi connectivity index (χ4n) is 2.84. The molecule has 0 bridgehead atoms. The van der Waals surface area contributed by atoms with Crippen LogP contribution in [0, 0.1) is 6.92 Å². The van der Waals surface area contributed by atoms with Gasteiger partial charge in [0.1, 0.15) is 11.1 Å². The average Bonchev–Trinajstić information content (AvgIpc) is 2.98. The van der Waals surface area contributed by atoms with Crippen LogP contribution in [0.5, 0.6) is 0 Å². The number of nitrogens with zero attached hydrogens (tertiary/aromatic N) is 1. The van der Waals surface area contributed by atoms with E-state index in [-0.39, 0.29) is 17.7 Å². The summed E-state index contributed by atoms with van der Waals surface area (Å²) < 4.78 is 11.1. The Morgan fingerprint density at radius 3 is 2.95 bits per heavy atom. The van der Waals surface area contributed by atoms with Crippen molar-refractivity contribution in [3.8, 4) is 0 Å². The number of benzene rings is 1. The van der Waals surface area contributed by atoms with Crippen molar-refractivity contribution >= 4 is 33.9 Å². The molecule has 1 unspecified atom stereocenters. The molecule has 0 saturated carbocycles. The van der Waals surface area contributed by atoms with Crippen molar-refractivity contribution in [2.24, 2.45) is 0 Å². The summed E-state index contributed by atoms with van der Waals surface area (Å²) in [5.74, 6) is -0.286. The number of imide groups is 1. The molecule has 1 atom stereocenters. The SMILES string of the molecule is Cc1nc2cc3occ(C4CCC(=O)NC4=O)c3cc2o1. The van der Waals surface area contributed by atoms with Crippen molar-refractivity contribution in [3.05, 3.63) is 29.9 Å². The van der Waals surface area contributed by atoms with Crippen molar-refractivity contribution in [2.75, 3.05) is 0 Å². The number of nitrogens with one attached hydrogen (secondary N) is 1. The van der Waals surface area contributed by atoms with E-state index in [1.807, 2.05) is 6.07 Å². The number of amides is 2. The number of rotatable bonds is 1. The second kappa shape index (κ2) is 4.18. The van der Waals surface area contributed by atoms with Gasteiger partial charge in [0.15, 0.2) is 11.5 Å². The van der Waals surface area contributed by atoms with Gasteiger partial charge in [-0.15, -0.1) is 0 Å². The van der Waals surface area contributed by atoms with E-state index in [9.17, 15) is 9.59 Å². The van der Waals surface area contributed by atoms with E-state index in [4.69, 9.17) is 8.83 Å². The maximum atomic E-state index is 12.0. The lowest BCUT2D eigenvalue weighted by molar-refractivity contribution is -0.134. The van der Waals surface area contributed by atoms with Gasteiger partial charge in [-0.3, -0.25) is 14.9 Å². The summed E-state index contributed by atoms with van der Waals surface area (Å²) in [7, 11) is 0. The highest BCUT2D eigenvalue weighted by molar-refractivity contribution is 6.03. The summed E-state index contributed by atoms with van der Waals surface area (Å²) in [6.07, 6.45) is 2.41. The molecule has 1 aromatic carbocycles. The monoisotopic (exact) mass is 284 g/mol.